The summed E-state index contributed by atoms with van der Waals surface area (Å²) < 4.78 is 6.94. The minimum Gasteiger partial charge on any atom is -0.368 e. The van der Waals surface area contributed by atoms with Crippen LogP contribution in [0, 0.1) is 0 Å². The zero-order valence-corrected chi connectivity index (χ0v) is 9.75. The maximum Gasteiger partial charge on any atom is 0.0953 e. The summed E-state index contributed by atoms with van der Waals surface area (Å²) in [5.41, 5.74) is 1.24. The lowest BCUT2D eigenvalue weighted by molar-refractivity contribution is -0.0287. The highest BCUT2D eigenvalue weighted by molar-refractivity contribution is 9.10. The lowest BCUT2D eigenvalue weighted by atomic mass is 10.1. The van der Waals surface area contributed by atoms with E-state index >= 15 is 0 Å². The van der Waals surface area contributed by atoms with Crippen molar-refractivity contribution in [2.45, 2.75) is 19.1 Å². The van der Waals surface area contributed by atoms with Gasteiger partial charge in [0.25, 0.3) is 0 Å². The van der Waals surface area contributed by atoms with E-state index in [1.165, 1.54) is 5.56 Å². The van der Waals surface area contributed by atoms with E-state index in [9.17, 15) is 0 Å². The van der Waals surface area contributed by atoms with Crippen LogP contribution in [0.5, 0.6) is 0 Å². The molecular weight excluding hydrogens is 242 g/mol. The van der Waals surface area contributed by atoms with Crippen LogP contribution in [0.2, 0.25) is 0 Å². The van der Waals surface area contributed by atoms with Gasteiger partial charge in [0.15, 0.2) is 0 Å². The fourth-order valence-electron chi connectivity index (χ4n) is 1.67. The van der Waals surface area contributed by atoms with Crippen molar-refractivity contribution < 1.29 is 4.74 Å². The third-order valence-electron chi connectivity index (χ3n) is 2.40. The maximum atomic E-state index is 5.83. The molecule has 2 unspecified atom stereocenters. The second kappa shape index (κ2) is 4.43. The molecule has 0 amide bonds. The van der Waals surface area contributed by atoms with Crippen LogP contribution in [-0.4, -0.2) is 19.2 Å². The van der Waals surface area contributed by atoms with Gasteiger partial charge in [0.05, 0.1) is 12.2 Å². The summed E-state index contributed by atoms with van der Waals surface area (Å²) in [6.45, 7) is 3.96. The van der Waals surface area contributed by atoms with Crippen LogP contribution in [0.3, 0.4) is 0 Å². The van der Waals surface area contributed by atoms with Gasteiger partial charge in [-0.1, -0.05) is 28.1 Å². The van der Waals surface area contributed by atoms with Crippen molar-refractivity contribution in [1.82, 2.24) is 5.32 Å². The topological polar surface area (TPSA) is 21.3 Å². The lowest BCUT2D eigenvalue weighted by Crippen LogP contribution is -2.38. The quantitative estimate of drug-likeness (QED) is 0.833. The predicted octanol–water partition coefficient (Wildman–Crippen LogP) is 2.50. The summed E-state index contributed by atoms with van der Waals surface area (Å²) in [6.07, 6.45) is 0.504. The fourth-order valence-corrected chi connectivity index (χ4v) is 1.93. The van der Waals surface area contributed by atoms with Crippen molar-refractivity contribution in [1.29, 1.82) is 0 Å². The average Bonchev–Trinajstić information content (AvgIpc) is 2.19. The molecule has 1 saturated heterocycles. The van der Waals surface area contributed by atoms with E-state index in [4.69, 9.17) is 4.74 Å². The summed E-state index contributed by atoms with van der Waals surface area (Å²) in [6, 6.07) is 8.32. The van der Waals surface area contributed by atoms with E-state index < -0.39 is 0 Å². The lowest BCUT2D eigenvalue weighted by Gasteiger charge is -2.29. The number of hydrogen-bond donors (Lipinski definition) is 1. The first-order chi connectivity index (χ1) is 6.75. The van der Waals surface area contributed by atoms with Gasteiger partial charge in [-0.05, 0) is 24.6 Å². The van der Waals surface area contributed by atoms with Crippen molar-refractivity contribution in [2.24, 2.45) is 0 Å². The first-order valence-electron chi connectivity index (χ1n) is 4.87. The molecule has 0 bridgehead atoms. The SMILES string of the molecule is CC1CNCC(c2ccc(Br)cc2)O1. The number of benzene rings is 1. The summed E-state index contributed by atoms with van der Waals surface area (Å²) in [5.74, 6) is 0. The van der Waals surface area contributed by atoms with Gasteiger partial charge in [0.1, 0.15) is 0 Å². The molecule has 1 aromatic carbocycles. The highest BCUT2D eigenvalue weighted by Gasteiger charge is 2.19. The van der Waals surface area contributed by atoms with Crippen molar-refractivity contribution in [3.05, 3.63) is 34.3 Å². The zero-order valence-electron chi connectivity index (χ0n) is 8.16. The highest BCUT2D eigenvalue weighted by atomic mass is 79.9. The van der Waals surface area contributed by atoms with Crippen LogP contribution < -0.4 is 5.32 Å². The largest absolute Gasteiger partial charge is 0.368 e. The molecule has 1 aliphatic rings. The standard InChI is InChI=1S/C11H14BrNO/c1-8-6-13-7-11(14-8)9-2-4-10(12)5-3-9/h2-5,8,11,13H,6-7H2,1H3. The van der Waals surface area contributed by atoms with Crippen LogP contribution >= 0.6 is 15.9 Å². The number of halogens is 1. The third-order valence-corrected chi connectivity index (χ3v) is 2.93. The van der Waals surface area contributed by atoms with Gasteiger partial charge in [-0.2, -0.15) is 0 Å². The first kappa shape index (κ1) is 10.1. The summed E-state index contributed by atoms with van der Waals surface area (Å²) in [5, 5.41) is 3.36. The molecule has 0 aromatic heterocycles. The van der Waals surface area contributed by atoms with E-state index in [2.05, 4.69) is 52.4 Å². The number of nitrogens with one attached hydrogen (secondary N) is 1. The van der Waals surface area contributed by atoms with Gasteiger partial charge < -0.3 is 10.1 Å². The van der Waals surface area contributed by atoms with Gasteiger partial charge in [-0.15, -0.1) is 0 Å². The number of ether oxygens (including phenoxy) is 1. The molecule has 1 aromatic rings. The molecule has 0 spiro atoms. The Hall–Kier alpha value is -0.380. The molecule has 1 heterocycles. The Morgan fingerprint density at radius 1 is 1.29 bits per heavy atom. The molecule has 0 saturated carbocycles. The second-order valence-corrected chi connectivity index (χ2v) is 4.56. The summed E-state index contributed by atoms with van der Waals surface area (Å²) in [7, 11) is 0. The van der Waals surface area contributed by atoms with Gasteiger partial charge in [0.2, 0.25) is 0 Å². The number of rotatable bonds is 1. The number of hydrogen-bond acceptors (Lipinski definition) is 2. The Labute approximate surface area is 92.8 Å². The predicted molar refractivity (Wildman–Crippen MR) is 60.3 cm³/mol. The van der Waals surface area contributed by atoms with Gasteiger partial charge >= 0.3 is 0 Å². The van der Waals surface area contributed by atoms with E-state index in [1.807, 2.05) is 0 Å². The number of morpholine rings is 1. The Bertz CT molecular complexity index is 299. The monoisotopic (exact) mass is 255 g/mol. The smallest absolute Gasteiger partial charge is 0.0953 e. The molecule has 0 radical (unpaired) electrons. The summed E-state index contributed by atoms with van der Waals surface area (Å²) >= 11 is 3.42. The van der Waals surface area contributed by atoms with Crippen molar-refractivity contribution in [2.75, 3.05) is 13.1 Å². The van der Waals surface area contributed by atoms with Crippen LogP contribution in [0.4, 0.5) is 0 Å². The Kier molecular flexibility index (Phi) is 3.21. The van der Waals surface area contributed by atoms with E-state index in [1.54, 1.807) is 0 Å². The molecule has 1 N–H and O–H groups in total. The van der Waals surface area contributed by atoms with E-state index in [-0.39, 0.29) is 6.10 Å². The minimum atomic E-state index is 0.201. The molecule has 2 nitrogen and oxygen atoms in total. The van der Waals surface area contributed by atoms with Crippen LogP contribution in [0.15, 0.2) is 28.7 Å². The molecule has 2 rings (SSSR count). The highest BCUT2D eigenvalue weighted by Crippen LogP contribution is 2.22. The van der Waals surface area contributed by atoms with Crippen LogP contribution in [-0.2, 0) is 4.74 Å². The van der Waals surface area contributed by atoms with Crippen molar-refractivity contribution >= 4 is 15.9 Å². The van der Waals surface area contributed by atoms with Crippen molar-refractivity contribution in [3.63, 3.8) is 0 Å². The molecule has 3 heteroatoms. The van der Waals surface area contributed by atoms with E-state index in [0.29, 0.717) is 6.10 Å². The fraction of sp³-hybridized carbons (Fsp3) is 0.455. The van der Waals surface area contributed by atoms with Crippen LogP contribution in [0.25, 0.3) is 0 Å². The molecule has 14 heavy (non-hydrogen) atoms. The maximum absolute atomic E-state index is 5.83. The molecule has 0 aliphatic carbocycles. The molecule has 2 atom stereocenters. The Morgan fingerprint density at radius 2 is 2.00 bits per heavy atom. The van der Waals surface area contributed by atoms with Gasteiger partial charge in [0, 0.05) is 17.6 Å². The Morgan fingerprint density at radius 3 is 2.64 bits per heavy atom. The molecule has 1 fully saturated rings. The first-order valence-corrected chi connectivity index (χ1v) is 5.66. The second-order valence-electron chi connectivity index (χ2n) is 3.65. The summed E-state index contributed by atoms with van der Waals surface area (Å²) in [4.78, 5) is 0. The average molecular weight is 256 g/mol. The van der Waals surface area contributed by atoms with E-state index in [0.717, 1.165) is 17.6 Å². The van der Waals surface area contributed by atoms with Gasteiger partial charge in [-0.25, -0.2) is 0 Å². The molecule has 1 aliphatic heterocycles. The molecule has 76 valence electrons. The molecular formula is C11H14BrNO. The van der Waals surface area contributed by atoms with Gasteiger partial charge in [-0.3, -0.25) is 0 Å². The normalized spacial score (nSPS) is 27.6. The minimum absolute atomic E-state index is 0.201. The third kappa shape index (κ3) is 2.35. The Balaban J connectivity index is 2.10. The van der Waals surface area contributed by atoms with Crippen LogP contribution in [0.1, 0.15) is 18.6 Å². The van der Waals surface area contributed by atoms with Crippen molar-refractivity contribution in [3.8, 4) is 0 Å². The zero-order chi connectivity index (χ0) is 9.97.